The number of hydrogen-bond acceptors (Lipinski definition) is 3. The Morgan fingerprint density at radius 1 is 1.06 bits per heavy atom. The Bertz CT molecular complexity index is 283. The van der Waals surface area contributed by atoms with Gasteiger partial charge in [-0.15, -0.1) is 0 Å². The maximum Gasteiger partial charge on any atom is 0.236 e. The van der Waals surface area contributed by atoms with E-state index in [1.165, 1.54) is 38.5 Å². The van der Waals surface area contributed by atoms with Crippen LogP contribution < -0.4 is 5.32 Å². The molecule has 0 radical (unpaired) electrons. The van der Waals surface area contributed by atoms with Crippen molar-refractivity contribution in [1.29, 1.82) is 0 Å². The first-order valence-corrected chi connectivity index (χ1v) is 7.25. The summed E-state index contributed by atoms with van der Waals surface area (Å²) in [6.45, 7) is 0.585. The Morgan fingerprint density at radius 2 is 1.61 bits per heavy atom. The highest BCUT2D eigenvalue weighted by atomic mass is 16.2. The molecular formula is C14H27N3O. The van der Waals surface area contributed by atoms with Crippen molar-refractivity contribution in [3.05, 3.63) is 0 Å². The molecule has 1 N–H and O–H groups in total. The Hall–Kier alpha value is -0.610. The smallest absolute Gasteiger partial charge is 0.236 e. The van der Waals surface area contributed by atoms with Gasteiger partial charge in [0.1, 0.15) is 0 Å². The molecule has 18 heavy (non-hydrogen) atoms. The molecule has 0 aliphatic heterocycles. The van der Waals surface area contributed by atoms with Crippen LogP contribution in [0, 0.1) is 0 Å². The second-order valence-corrected chi connectivity index (χ2v) is 5.95. The van der Waals surface area contributed by atoms with Crippen molar-refractivity contribution in [2.75, 3.05) is 27.7 Å². The van der Waals surface area contributed by atoms with E-state index in [2.05, 4.69) is 17.3 Å². The molecular weight excluding hydrogens is 226 g/mol. The van der Waals surface area contributed by atoms with Gasteiger partial charge < -0.3 is 10.2 Å². The highest BCUT2D eigenvalue weighted by Crippen LogP contribution is 2.26. The quantitative estimate of drug-likeness (QED) is 0.796. The first kappa shape index (κ1) is 13.8. The summed E-state index contributed by atoms with van der Waals surface area (Å²) in [6, 6.07) is 1.80. The van der Waals surface area contributed by atoms with Crippen LogP contribution in [-0.4, -0.2) is 61.5 Å². The second kappa shape index (κ2) is 6.02. The Labute approximate surface area is 111 Å². The van der Waals surface area contributed by atoms with Gasteiger partial charge in [-0.2, -0.15) is 0 Å². The van der Waals surface area contributed by atoms with Crippen molar-refractivity contribution in [3.63, 3.8) is 0 Å². The molecule has 2 rings (SSSR count). The van der Waals surface area contributed by atoms with E-state index < -0.39 is 0 Å². The molecule has 0 saturated heterocycles. The Balaban J connectivity index is 1.74. The third-order valence-corrected chi connectivity index (χ3v) is 4.60. The fraction of sp³-hybridized carbons (Fsp3) is 0.929. The van der Waals surface area contributed by atoms with Gasteiger partial charge in [0, 0.05) is 25.2 Å². The summed E-state index contributed by atoms with van der Waals surface area (Å²) in [4.78, 5) is 16.3. The van der Waals surface area contributed by atoms with Crippen molar-refractivity contribution >= 4 is 5.91 Å². The molecule has 0 aromatic heterocycles. The number of carbonyl (C=O) groups is 1. The first-order valence-electron chi connectivity index (χ1n) is 7.25. The van der Waals surface area contributed by atoms with Crippen LogP contribution in [0.25, 0.3) is 0 Å². The fourth-order valence-electron chi connectivity index (χ4n) is 2.92. The molecule has 0 spiro atoms. The van der Waals surface area contributed by atoms with E-state index in [1.807, 2.05) is 19.0 Å². The van der Waals surface area contributed by atoms with Gasteiger partial charge in [0.25, 0.3) is 0 Å². The lowest BCUT2D eigenvalue weighted by Crippen LogP contribution is -2.45. The zero-order valence-electron chi connectivity index (χ0n) is 12.0. The van der Waals surface area contributed by atoms with Crippen molar-refractivity contribution in [2.45, 2.75) is 56.7 Å². The molecule has 2 saturated carbocycles. The molecule has 0 unspecified atom stereocenters. The number of nitrogens with zero attached hydrogens (tertiary/aromatic N) is 2. The van der Waals surface area contributed by atoms with Gasteiger partial charge in [0.05, 0.1) is 6.54 Å². The fourth-order valence-corrected chi connectivity index (χ4v) is 2.92. The minimum Gasteiger partial charge on any atom is -0.342 e. The van der Waals surface area contributed by atoms with Crippen LogP contribution in [0.1, 0.15) is 38.5 Å². The van der Waals surface area contributed by atoms with Crippen LogP contribution in [0.3, 0.4) is 0 Å². The predicted molar refractivity (Wildman–Crippen MR) is 73.5 cm³/mol. The van der Waals surface area contributed by atoms with Gasteiger partial charge in [-0.3, -0.25) is 9.69 Å². The minimum atomic E-state index is 0.288. The van der Waals surface area contributed by atoms with E-state index in [0.29, 0.717) is 24.7 Å². The van der Waals surface area contributed by atoms with Gasteiger partial charge >= 0.3 is 0 Å². The molecule has 0 aromatic carbocycles. The zero-order chi connectivity index (χ0) is 13.1. The molecule has 2 aliphatic rings. The van der Waals surface area contributed by atoms with Crippen molar-refractivity contribution in [1.82, 2.24) is 15.1 Å². The topological polar surface area (TPSA) is 35.6 Å². The molecule has 104 valence electrons. The third-order valence-electron chi connectivity index (χ3n) is 4.60. The molecule has 0 heterocycles. The minimum absolute atomic E-state index is 0.288. The van der Waals surface area contributed by atoms with Crippen molar-refractivity contribution < 1.29 is 4.79 Å². The van der Waals surface area contributed by atoms with E-state index in [-0.39, 0.29) is 5.91 Å². The monoisotopic (exact) mass is 253 g/mol. The number of likely N-dealkylation sites (N-methyl/N-ethyl adjacent to an activating group) is 2. The summed E-state index contributed by atoms with van der Waals surface area (Å²) in [7, 11) is 6.09. The van der Waals surface area contributed by atoms with Crippen LogP contribution in [0.4, 0.5) is 0 Å². The molecule has 0 aromatic rings. The second-order valence-electron chi connectivity index (χ2n) is 5.95. The van der Waals surface area contributed by atoms with Gasteiger partial charge in [-0.25, -0.2) is 0 Å². The molecule has 1 amide bonds. The van der Waals surface area contributed by atoms with E-state index >= 15 is 0 Å². The molecule has 4 nitrogen and oxygen atoms in total. The van der Waals surface area contributed by atoms with Crippen LogP contribution >= 0.6 is 0 Å². The standard InChI is InChI=1S/C14H27N3O/c1-15-11-4-6-12(7-5-11)16(2)10-14(18)17(3)13-8-9-13/h11-13,15H,4-10H2,1-3H3. The predicted octanol–water partition coefficient (Wildman–Crippen LogP) is 1.07. The number of hydrogen-bond donors (Lipinski definition) is 1. The number of carbonyl (C=O) groups excluding carboxylic acids is 1. The summed E-state index contributed by atoms with van der Waals surface area (Å²) in [6.07, 6.45) is 7.28. The number of amides is 1. The van der Waals surface area contributed by atoms with Crippen LogP contribution in [0.2, 0.25) is 0 Å². The summed E-state index contributed by atoms with van der Waals surface area (Å²) in [5.41, 5.74) is 0. The maximum absolute atomic E-state index is 12.1. The summed E-state index contributed by atoms with van der Waals surface area (Å²) in [5, 5.41) is 3.35. The van der Waals surface area contributed by atoms with Gasteiger partial charge in [0.2, 0.25) is 5.91 Å². The lowest BCUT2D eigenvalue weighted by Gasteiger charge is -2.35. The summed E-state index contributed by atoms with van der Waals surface area (Å²) < 4.78 is 0. The molecule has 2 aliphatic carbocycles. The molecule has 2 fully saturated rings. The third kappa shape index (κ3) is 3.45. The maximum atomic E-state index is 12.1. The molecule has 0 bridgehead atoms. The Morgan fingerprint density at radius 3 is 2.11 bits per heavy atom. The van der Waals surface area contributed by atoms with Crippen molar-refractivity contribution in [3.8, 4) is 0 Å². The van der Waals surface area contributed by atoms with E-state index in [9.17, 15) is 4.79 Å². The van der Waals surface area contributed by atoms with E-state index in [1.54, 1.807) is 0 Å². The van der Waals surface area contributed by atoms with E-state index in [0.717, 1.165) is 0 Å². The zero-order valence-corrected chi connectivity index (χ0v) is 12.0. The highest BCUT2D eigenvalue weighted by Gasteiger charge is 2.31. The van der Waals surface area contributed by atoms with Crippen molar-refractivity contribution in [2.24, 2.45) is 0 Å². The summed E-state index contributed by atoms with van der Waals surface area (Å²) >= 11 is 0. The SMILES string of the molecule is CNC1CCC(N(C)CC(=O)N(C)C2CC2)CC1. The molecule has 0 atom stereocenters. The van der Waals surface area contributed by atoms with Gasteiger partial charge in [0.15, 0.2) is 0 Å². The number of nitrogens with one attached hydrogen (secondary N) is 1. The van der Waals surface area contributed by atoms with Gasteiger partial charge in [-0.05, 0) is 52.6 Å². The largest absolute Gasteiger partial charge is 0.342 e. The Kier molecular flexibility index (Phi) is 4.62. The highest BCUT2D eigenvalue weighted by molar-refractivity contribution is 5.78. The van der Waals surface area contributed by atoms with Gasteiger partial charge in [-0.1, -0.05) is 0 Å². The van der Waals surface area contributed by atoms with Crippen LogP contribution in [0.5, 0.6) is 0 Å². The first-order chi connectivity index (χ1) is 8.61. The van der Waals surface area contributed by atoms with E-state index in [4.69, 9.17) is 0 Å². The number of rotatable bonds is 5. The summed E-state index contributed by atoms with van der Waals surface area (Å²) in [5.74, 6) is 0.288. The average molecular weight is 253 g/mol. The van der Waals surface area contributed by atoms with Crippen LogP contribution in [-0.2, 0) is 4.79 Å². The van der Waals surface area contributed by atoms with Crippen LogP contribution in [0.15, 0.2) is 0 Å². The lowest BCUT2D eigenvalue weighted by molar-refractivity contribution is -0.132. The lowest BCUT2D eigenvalue weighted by atomic mass is 9.90. The average Bonchev–Trinajstić information content (AvgIpc) is 3.22. The normalized spacial score (nSPS) is 28.4. The molecule has 4 heteroatoms.